The Bertz CT molecular complexity index is 534. The standard InChI is InChI=1S/C11H13N5O/c1-2-10(17)11-13-15-16(14-11)9-5-3-4-8(6-9)7-12/h3-6H,2,7,12H2,1H3. The summed E-state index contributed by atoms with van der Waals surface area (Å²) in [5.74, 6) is 0.0249. The Morgan fingerprint density at radius 3 is 3.00 bits per heavy atom. The number of nitrogens with two attached hydrogens (primary N) is 1. The van der Waals surface area contributed by atoms with Crippen LogP contribution in [-0.4, -0.2) is 26.0 Å². The molecule has 1 aromatic carbocycles. The van der Waals surface area contributed by atoms with Crippen LogP contribution >= 0.6 is 0 Å². The second-order valence-corrected chi connectivity index (χ2v) is 3.55. The van der Waals surface area contributed by atoms with Crippen molar-refractivity contribution >= 4 is 5.78 Å². The molecule has 88 valence electrons. The van der Waals surface area contributed by atoms with Gasteiger partial charge in [0, 0.05) is 13.0 Å². The lowest BCUT2D eigenvalue weighted by Crippen LogP contribution is -2.04. The van der Waals surface area contributed by atoms with Gasteiger partial charge in [-0.1, -0.05) is 19.1 Å². The molecule has 2 N–H and O–H groups in total. The molecular formula is C11H13N5O. The highest BCUT2D eigenvalue weighted by Gasteiger charge is 2.11. The Morgan fingerprint density at radius 1 is 1.47 bits per heavy atom. The number of ketones is 1. The zero-order valence-corrected chi connectivity index (χ0v) is 9.50. The smallest absolute Gasteiger partial charge is 0.240 e. The lowest BCUT2D eigenvalue weighted by atomic mass is 10.2. The molecule has 0 atom stereocenters. The first kappa shape index (κ1) is 11.4. The molecule has 0 fully saturated rings. The van der Waals surface area contributed by atoms with Crippen LogP contribution in [0.3, 0.4) is 0 Å². The summed E-state index contributed by atoms with van der Waals surface area (Å²) in [7, 11) is 0. The van der Waals surface area contributed by atoms with Crippen LogP contribution in [0.2, 0.25) is 0 Å². The number of benzene rings is 1. The molecule has 0 spiro atoms. The molecule has 0 unspecified atom stereocenters. The van der Waals surface area contributed by atoms with Crippen molar-refractivity contribution in [2.24, 2.45) is 5.73 Å². The van der Waals surface area contributed by atoms with Crippen molar-refractivity contribution in [2.75, 3.05) is 0 Å². The SMILES string of the molecule is CCC(=O)c1nnn(-c2cccc(CN)c2)n1. The summed E-state index contributed by atoms with van der Waals surface area (Å²) >= 11 is 0. The van der Waals surface area contributed by atoms with Crippen molar-refractivity contribution in [3.63, 3.8) is 0 Å². The monoisotopic (exact) mass is 231 g/mol. The average Bonchev–Trinajstić information content (AvgIpc) is 2.87. The maximum absolute atomic E-state index is 11.4. The molecule has 0 saturated heterocycles. The van der Waals surface area contributed by atoms with Crippen molar-refractivity contribution in [1.29, 1.82) is 0 Å². The van der Waals surface area contributed by atoms with Gasteiger partial charge in [-0.3, -0.25) is 4.79 Å². The number of hydrogen-bond donors (Lipinski definition) is 1. The third-order valence-electron chi connectivity index (χ3n) is 2.36. The van der Waals surface area contributed by atoms with Gasteiger partial charge in [-0.05, 0) is 22.9 Å². The summed E-state index contributed by atoms with van der Waals surface area (Å²) in [4.78, 5) is 12.7. The van der Waals surface area contributed by atoms with Crippen LogP contribution in [0.1, 0.15) is 29.5 Å². The Hall–Kier alpha value is -2.08. The van der Waals surface area contributed by atoms with Crippen molar-refractivity contribution in [3.05, 3.63) is 35.7 Å². The van der Waals surface area contributed by atoms with Gasteiger partial charge in [-0.2, -0.15) is 0 Å². The minimum Gasteiger partial charge on any atom is -0.326 e. The molecule has 17 heavy (non-hydrogen) atoms. The first-order chi connectivity index (χ1) is 8.24. The predicted molar refractivity (Wildman–Crippen MR) is 61.7 cm³/mol. The minimum atomic E-state index is -0.119. The van der Waals surface area contributed by atoms with E-state index in [2.05, 4.69) is 15.4 Å². The minimum absolute atomic E-state index is 0.119. The summed E-state index contributed by atoms with van der Waals surface area (Å²) in [6.07, 6.45) is 0.370. The van der Waals surface area contributed by atoms with Crippen LogP contribution in [0.15, 0.2) is 24.3 Å². The summed E-state index contributed by atoms with van der Waals surface area (Å²) in [6.45, 7) is 2.21. The van der Waals surface area contributed by atoms with Gasteiger partial charge in [0.15, 0.2) is 0 Å². The number of carbonyl (C=O) groups is 1. The van der Waals surface area contributed by atoms with E-state index in [1.807, 2.05) is 24.3 Å². The number of carbonyl (C=O) groups excluding carboxylic acids is 1. The fourth-order valence-electron chi connectivity index (χ4n) is 1.40. The van der Waals surface area contributed by atoms with Crippen LogP contribution in [-0.2, 0) is 6.54 Å². The van der Waals surface area contributed by atoms with Gasteiger partial charge >= 0.3 is 0 Å². The summed E-state index contributed by atoms with van der Waals surface area (Å²) in [5, 5.41) is 11.6. The molecule has 0 amide bonds. The molecule has 0 aliphatic carbocycles. The van der Waals surface area contributed by atoms with E-state index >= 15 is 0 Å². The normalized spacial score (nSPS) is 10.5. The fraction of sp³-hybridized carbons (Fsp3) is 0.273. The molecule has 0 bridgehead atoms. The predicted octanol–water partition coefficient (Wildman–Crippen LogP) is 0.714. The molecule has 2 aromatic rings. The van der Waals surface area contributed by atoms with E-state index in [1.165, 1.54) is 4.80 Å². The Labute approximate surface area is 98.4 Å². The van der Waals surface area contributed by atoms with Crippen molar-refractivity contribution in [2.45, 2.75) is 19.9 Å². The fourth-order valence-corrected chi connectivity index (χ4v) is 1.40. The van der Waals surface area contributed by atoms with Gasteiger partial charge in [0.05, 0.1) is 5.69 Å². The second-order valence-electron chi connectivity index (χ2n) is 3.55. The molecule has 0 radical (unpaired) electrons. The van der Waals surface area contributed by atoms with E-state index in [-0.39, 0.29) is 11.6 Å². The Morgan fingerprint density at radius 2 is 2.29 bits per heavy atom. The Kier molecular flexibility index (Phi) is 3.24. The number of rotatable bonds is 4. The van der Waals surface area contributed by atoms with Gasteiger partial charge in [-0.25, -0.2) is 0 Å². The largest absolute Gasteiger partial charge is 0.326 e. The number of hydrogen-bond acceptors (Lipinski definition) is 5. The highest BCUT2D eigenvalue weighted by atomic mass is 16.1. The van der Waals surface area contributed by atoms with Crippen molar-refractivity contribution in [3.8, 4) is 5.69 Å². The van der Waals surface area contributed by atoms with E-state index < -0.39 is 0 Å². The third-order valence-corrected chi connectivity index (χ3v) is 2.36. The molecular weight excluding hydrogens is 218 g/mol. The molecule has 0 aliphatic rings. The molecule has 6 nitrogen and oxygen atoms in total. The van der Waals surface area contributed by atoms with E-state index in [0.717, 1.165) is 11.3 Å². The van der Waals surface area contributed by atoms with Crippen LogP contribution in [0.4, 0.5) is 0 Å². The van der Waals surface area contributed by atoms with Crippen LogP contribution in [0.5, 0.6) is 0 Å². The molecule has 1 heterocycles. The number of nitrogens with zero attached hydrogens (tertiary/aromatic N) is 4. The van der Waals surface area contributed by atoms with Gasteiger partial charge in [0.2, 0.25) is 11.6 Å². The maximum Gasteiger partial charge on any atom is 0.240 e. The van der Waals surface area contributed by atoms with E-state index in [1.54, 1.807) is 6.92 Å². The van der Waals surface area contributed by atoms with Gasteiger partial charge in [-0.15, -0.1) is 15.0 Å². The van der Waals surface area contributed by atoms with Crippen molar-refractivity contribution < 1.29 is 4.79 Å². The maximum atomic E-state index is 11.4. The van der Waals surface area contributed by atoms with Crippen LogP contribution in [0.25, 0.3) is 5.69 Å². The lowest BCUT2D eigenvalue weighted by molar-refractivity contribution is 0.0978. The van der Waals surface area contributed by atoms with Crippen LogP contribution < -0.4 is 5.73 Å². The van der Waals surface area contributed by atoms with Crippen molar-refractivity contribution in [1.82, 2.24) is 20.2 Å². The molecule has 0 saturated carbocycles. The summed E-state index contributed by atoms with van der Waals surface area (Å²) in [5.41, 5.74) is 7.27. The first-order valence-electron chi connectivity index (χ1n) is 5.37. The first-order valence-corrected chi connectivity index (χ1v) is 5.37. The number of Topliss-reactive ketones (excluding diaryl/α,β-unsaturated/α-hetero) is 1. The molecule has 6 heteroatoms. The van der Waals surface area contributed by atoms with Gasteiger partial charge in [0.25, 0.3) is 0 Å². The van der Waals surface area contributed by atoms with Gasteiger partial charge in [0.1, 0.15) is 0 Å². The quantitative estimate of drug-likeness (QED) is 0.783. The molecule has 0 aliphatic heterocycles. The average molecular weight is 231 g/mol. The van der Waals surface area contributed by atoms with E-state index in [9.17, 15) is 4.79 Å². The number of aromatic nitrogens is 4. The molecule has 2 rings (SSSR count). The summed E-state index contributed by atoms with van der Waals surface area (Å²) in [6, 6.07) is 7.48. The van der Waals surface area contributed by atoms with E-state index in [0.29, 0.717) is 13.0 Å². The Balaban J connectivity index is 2.33. The highest BCUT2D eigenvalue weighted by molar-refractivity contribution is 5.91. The topological polar surface area (TPSA) is 86.7 Å². The zero-order valence-electron chi connectivity index (χ0n) is 9.50. The zero-order chi connectivity index (χ0) is 12.3. The summed E-state index contributed by atoms with van der Waals surface area (Å²) < 4.78 is 0. The highest BCUT2D eigenvalue weighted by Crippen LogP contribution is 2.08. The van der Waals surface area contributed by atoms with Crippen LogP contribution in [0, 0.1) is 0 Å². The lowest BCUT2D eigenvalue weighted by Gasteiger charge is -2.00. The number of tetrazole rings is 1. The second kappa shape index (κ2) is 4.84. The third kappa shape index (κ3) is 2.36. The van der Waals surface area contributed by atoms with Gasteiger partial charge < -0.3 is 5.73 Å². The molecule has 1 aromatic heterocycles. The van der Waals surface area contributed by atoms with E-state index in [4.69, 9.17) is 5.73 Å².